The smallest absolute Gasteiger partial charge is 0.113 e. The van der Waals surface area contributed by atoms with Crippen molar-refractivity contribution in [2.75, 3.05) is 0 Å². The van der Waals surface area contributed by atoms with E-state index in [9.17, 15) is 0 Å². The maximum atomic E-state index is 4.47. The lowest BCUT2D eigenvalue weighted by molar-refractivity contribution is 0.397. The van der Waals surface area contributed by atoms with Gasteiger partial charge in [-0.15, -0.1) is 5.10 Å². The predicted molar refractivity (Wildman–Crippen MR) is 106 cm³/mol. The maximum absolute atomic E-state index is 4.47. The van der Waals surface area contributed by atoms with E-state index in [1.807, 2.05) is 12.1 Å². The van der Waals surface area contributed by atoms with Crippen LogP contribution in [0.3, 0.4) is 0 Å². The molecule has 3 aromatic carbocycles. The van der Waals surface area contributed by atoms with Gasteiger partial charge in [0.25, 0.3) is 0 Å². The zero-order chi connectivity index (χ0) is 17.8. The SMILES string of the molecule is CCC(CC(c1ccccc1)c1ccccc1)n1nnc2ccccc21. The van der Waals surface area contributed by atoms with Gasteiger partial charge in [-0.25, -0.2) is 4.68 Å². The Kier molecular flexibility index (Phi) is 4.78. The quantitative estimate of drug-likeness (QED) is 0.457. The molecule has 0 N–H and O–H groups in total. The molecule has 0 aliphatic carbocycles. The number of para-hydroxylation sites is 1. The van der Waals surface area contributed by atoms with Crippen LogP contribution in [0.15, 0.2) is 84.9 Å². The third-order valence-electron chi connectivity index (χ3n) is 5.11. The minimum atomic E-state index is 0.299. The summed E-state index contributed by atoms with van der Waals surface area (Å²) in [5.41, 5.74) is 4.77. The summed E-state index contributed by atoms with van der Waals surface area (Å²) in [6, 6.07) is 30.0. The lowest BCUT2D eigenvalue weighted by Gasteiger charge is -2.24. The number of rotatable bonds is 6. The molecule has 0 amide bonds. The summed E-state index contributed by atoms with van der Waals surface area (Å²) >= 11 is 0. The molecule has 3 heteroatoms. The average molecular weight is 341 g/mol. The molecule has 4 aromatic rings. The van der Waals surface area contributed by atoms with Crippen LogP contribution in [-0.4, -0.2) is 15.0 Å². The van der Waals surface area contributed by atoms with Gasteiger partial charge in [0.05, 0.1) is 11.6 Å². The number of hydrogen-bond acceptors (Lipinski definition) is 2. The van der Waals surface area contributed by atoms with Crippen LogP contribution in [0.2, 0.25) is 0 Å². The van der Waals surface area contributed by atoms with Crippen molar-refractivity contribution in [2.24, 2.45) is 0 Å². The Bertz CT molecular complexity index is 921. The molecule has 0 aliphatic heterocycles. The molecule has 1 atom stereocenters. The highest BCUT2D eigenvalue weighted by atomic mass is 15.4. The number of aromatic nitrogens is 3. The van der Waals surface area contributed by atoms with Crippen molar-refractivity contribution in [3.8, 4) is 0 Å². The predicted octanol–water partition coefficient (Wildman–Crippen LogP) is 5.60. The molecule has 0 fully saturated rings. The first-order valence-corrected chi connectivity index (χ1v) is 9.26. The van der Waals surface area contributed by atoms with Gasteiger partial charge in [-0.3, -0.25) is 0 Å². The van der Waals surface area contributed by atoms with E-state index in [1.54, 1.807) is 0 Å². The summed E-state index contributed by atoms with van der Waals surface area (Å²) in [7, 11) is 0. The van der Waals surface area contributed by atoms with Crippen LogP contribution in [0.4, 0.5) is 0 Å². The Hall–Kier alpha value is -2.94. The average Bonchev–Trinajstić information content (AvgIpc) is 3.14. The monoisotopic (exact) mass is 341 g/mol. The van der Waals surface area contributed by atoms with Gasteiger partial charge in [0.15, 0.2) is 0 Å². The Morgan fingerprint density at radius 3 is 1.96 bits per heavy atom. The third kappa shape index (κ3) is 3.25. The van der Waals surface area contributed by atoms with Gasteiger partial charge in [-0.05, 0) is 36.1 Å². The topological polar surface area (TPSA) is 30.7 Å². The Morgan fingerprint density at radius 2 is 1.35 bits per heavy atom. The lowest BCUT2D eigenvalue weighted by atomic mass is 9.85. The second-order valence-electron chi connectivity index (χ2n) is 6.69. The highest BCUT2D eigenvalue weighted by Gasteiger charge is 2.22. The van der Waals surface area contributed by atoms with Crippen molar-refractivity contribution in [1.29, 1.82) is 0 Å². The third-order valence-corrected chi connectivity index (χ3v) is 5.11. The van der Waals surface area contributed by atoms with Gasteiger partial charge in [-0.2, -0.15) is 0 Å². The van der Waals surface area contributed by atoms with Gasteiger partial charge in [0.2, 0.25) is 0 Å². The molecule has 4 rings (SSSR count). The van der Waals surface area contributed by atoms with E-state index >= 15 is 0 Å². The molecule has 0 aliphatic rings. The number of fused-ring (bicyclic) bond motifs is 1. The first-order valence-electron chi connectivity index (χ1n) is 9.26. The standard InChI is InChI=1S/C23H23N3/c1-2-20(26-23-16-10-9-15-22(23)24-25-26)17-21(18-11-5-3-6-12-18)19-13-7-4-8-14-19/h3-16,20-21H,2,17H2,1H3. The summed E-state index contributed by atoms with van der Waals surface area (Å²) in [5, 5.41) is 8.83. The largest absolute Gasteiger partial charge is 0.242 e. The van der Waals surface area contributed by atoms with Crippen LogP contribution in [0, 0.1) is 0 Å². The molecule has 0 saturated heterocycles. The van der Waals surface area contributed by atoms with Crippen molar-refractivity contribution in [1.82, 2.24) is 15.0 Å². The van der Waals surface area contributed by atoms with E-state index in [0.717, 1.165) is 23.9 Å². The van der Waals surface area contributed by atoms with E-state index in [4.69, 9.17) is 0 Å². The highest BCUT2D eigenvalue weighted by Crippen LogP contribution is 2.34. The summed E-state index contributed by atoms with van der Waals surface area (Å²) in [6.07, 6.45) is 2.02. The minimum absolute atomic E-state index is 0.299. The lowest BCUT2D eigenvalue weighted by Crippen LogP contribution is -2.15. The summed E-state index contributed by atoms with van der Waals surface area (Å²) in [4.78, 5) is 0. The van der Waals surface area contributed by atoms with Gasteiger partial charge in [0, 0.05) is 5.92 Å². The Morgan fingerprint density at radius 1 is 0.769 bits per heavy atom. The fourth-order valence-corrected chi connectivity index (χ4v) is 3.70. The molecule has 0 spiro atoms. The van der Waals surface area contributed by atoms with Crippen molar-refractivity contribution >= 4 is 11.0 Å². The summed E-state index contributed by atoms with van der Waals surface area (Å²) in [5.74, 6) is 0.338. The molecule has 1 heterocycles. The fourth-order valence-electron chi connectivity index (χ4n) is 3.70. The molecule has 1 unspecified atom stereocenters. The van der Waals surface area contributed by atoms with Crippen LogP contribution >= 0.6 is 0 Å². The Balaban J connectivity index is 1.72. The van der Waals surface area contributed by atoms with Gasteiger partial charge >= 0.3 is 0 Å². The molecule has 130 valence electrons. The molecular formula is C23H23N3. The van der Waals surface area contributed by atoms with E-state index in [1.165, 1.54) is 11.1 Å². The van der Waals surface area contributed by atoms with Gasteiger partial charge in [-0.1, -0.05) is 84.9 Å². The van der Waals surface area contributed by atoms with Crippen LogP contribution in [0.1, 0.15) is 42.9 Å². The summed E-state index contributed by atoms with van der Waals surface area (Å²) in [6.45, 7) is 2.23. The minimum Gasteiger partial charge on any atom is -0.242 e. The van der Waals surface area contributed by atoms with Gasteiger partial charge < -0.3 is 0 Å². The van der Waals surface area contributed by atoms with Crippen molar-refractivity contribution in [3.63, 3.8) is 0 Å². The molecule has 1 aromatic heterocycles. The first-order chi connectivity index (χ1) is 12.9. The van der Waals surface area contributed by atoms with E-state index in [0.29, 0.717) is 12.0 Å². The zero-order valence-electron chi connectivity index (χ0n) is 15.0. The molecule has 0 saturated carbocycles. The van der Waals surface area contributed by atoms with Crippen LogP contribution in [0.25, 0.3) is 11.0 Å². The molecule has 0 radical (unpaired) electrons. The van der Waals surface area contributed by atoms with Gasteiger partial charge in [0.1, 0.15) is 5.52 Å². The van der Waals surface area contributed by atoms with Crippen molar-refractivity contribution < 1.29 is 0 Å². The first kappa shape index (κ1) is 16.5. The number of benzene rings is 3. The fraction of sp³-hybridized carbons (Fsp3) is 0.217. The second-order valence-corrected chi connectivity index (χ2v) is 6.69. The van der Waals surface area contributed by atoms with E-state index < -0.39 is 0 Å². The zero-order valence-corrected chi connectivity index (χ0v) is 15.0. The normalized spacial score (nSPS) is 12.5. The molecule has 0 bridgehead atoms. The second kappa shape index (κ2) is 7.52. The van der Waals surface area contributed by atoms with E-state index in [2.05, 4.69) is 94.7 Å². The van der Waals surface area contributed by atoms with Crippen molar-refractivity contribution in [3.05, 3.63) is 96.1 Å². The molecule has 26 heavy (non-hydrogen) atoms. The maximum Gasteiger partial charge on any atom is 0.113 e. The van der Waals surface area contributed by atoms with Crippen LogP contribution in [0.5, 0.6) is 0 Å². The summed E-state index contributed by atoms with van der Waals surface area (Å²) < 4.78 is 2.11. The van der Waals surface area contributed by atoms with Crippen molar-refractivity contribution in [2.45, 2.75) is 31.7 Å². The van der Waals surface area contributed by atoms with Crippen LogP contribution < -0.4 is 0 Å². The highest BCUT2D eigenvalue weighted by molar-refractivity contribution is 5.74. The number of hydrogen-bond donors (Lipinski definition) is 0. The number of nitrogens with zero attached hydrogens (tertiary/aromatic N) is 3. The molecular weight excluding hydrogens is 318 g/mol. The Labute approximate surface area is 154 Å². The van der Waals surface area contributed by atoms with Crippen LogP contribution in [-0.2, 0) is 0 Å². The van der Waals surface area contributed by atoms with E-state index in [-0.39, 0.29) is 0 Å². The molecule has 3 nitrogen and oxygen atoms in total.